The van der Waals surface area contributed by atoms with E-state index in [1.54, 1.807) is 0 Å². The van der Waals surface area contributed by atoms with Crippen LogP contribution in [0.2, 0.25) is 0 Å². The fraction of sp³-hybridized carbons (Fsp3) is 0. The highest BCUT2D eigenvalue weighted by Crippen LogP contribution is 2.47. The van der Waals surface area contributed by atoms with Crippen LogP contribution < -0.4 is 0 Å². The lowest BCUT2D eigenvalue weighted by atomic mass is 9.92. The number of rotatable bonds is 12. The minimum absolute atomic E-state index is 0.551. The van der Waals surface area contributed by atoms with Crippen LogP contribution in [0.3, 0.4) is 0 Å². The van der Waals surface area contributed by atoms with E-state index in [1.807, 2.05) is 36.4 Å². The average molecular weight is 1530 g/mol. The molecule has 0 N–H and O–H groups in total. The van der Waals surface area contributed by atoms with Crippen LogP contribution >= 0.6 is 0 Å². The number of aromatic nitrogens is 8. The van der Waals surface area contributed by atoms with Gasteiger partial charge in [-0.2, -0.15) is 0 Å². The minimum atomic E-state index is 0.551. The summed E-state index contributed by atoms with van der Waals surface area (Å²) in [7, 11) is 0. The van der Waals surface area contributed by atoms with Gasteiger partial charge in [0, 0.05) is 98.9 Å². The van der Waals surface area contributed by atoms with E-state index in [-0.39, 0.29) is 0 Å². The maximum Gasteiger partial charge on any atom is 0.160 e. The first-order chi connectivity index (χ1) is 59.5. The third-order valence-electron chi connectivity index (χ3n) is 24.4. The molecule has 0 amide bonds. The van der Waals surface area contributed by atoms with Gasteiger partial charge in [-0.3, -0.25) is 0 Å². The van der Waals surface area contributed by atoms with E-state index in [9.17, 15) is 0 Å². The summed E-state index contributed by atoms with van der Waals surface area (Å²) < 4.78 is 23.2. The van der Waals surface area contributed by atoms with E-state index in [1.165, 1.54) is 37.9 Å². The van der Waals surface area contributed by atoms with Crippen molar-refractivity contribution < 1.29 is 8.83 Å². The maximum atomic E-state index is 6.82. The highest BCUT2D eigenvalue weighted by molar-refractivity contribution is 6.20. The molecule has 25 rings (SSSR count). The number of hydrogen-bond donors (Lipinski definition) is 0. The van der Waals surface area contributed by atoms with Gasteiger partial charge < -0.3 is 27.1 Å². The van der Waals surface area contributed by atoms with Crippen LogP contribution in [-0.4, -0.2) is 38.2 Å². The smallest absolute Gasteiger partial charge is 0.160 e. The monoisotopic (exact) mass is 1530 g/mol. The molecule has 25 aromatic rings. The van der Waals surface area contributed by atoms with Crippen LogP contribution in [-0.2, 0) is 0 Å². The summed E-state index contributed by atoms with van der Waals surface area (Å²) >= 11 is 0. The topological polar surface area (TPSA) is 97.6 Å². The van der Waals surface area contributed by atoms with E-state index in [0.717, 1.165) is 171 Å². The van der Waals surface area contributed by atoms with E-state index in [0.29, 0.717) is 34.6 Å². The Labute approximate surface area is 686 Å². The molecule has 0 aliphatic heterocycles. The summed E-state index contributed by atoms with van der Waals surface area (Å²) in [6, 6.07) is 143. The van der Waals surface area contributed by atoms with Crippen molar-refractivity contribution in [1.82, 2.24) is 38.2 Å². The molecule has 0 aliphatic carbocycles. The molecule has 0 aliphatic rings. The molecule has 0 spiro atoms. The van der Waals surface area contributed by atoms with Crippen molar-refractivity contribution in [3.63, 3.8) is 0 Å². The van der Waals surface area contributed by atoms with Gasteiger partial charge in [-0.15, -0.1) is 0 Å². The molecule has 0 bridgehead atoms. The minimum Gasteiger partial charge on any atom is -0.454 e. The molecule has 0 fully saturated rings. The zero-order valence-electron chi connectivity index (χ0n) is 64.5. The van der Waals surface area contributed by atoms with Crippen LogP contribution in [0, 0.1) is 0 Å². The number of fused-ring (bicyclic) bond motifs is 16. The van der Waals surface area contributed by atoms with E-state index < -0.39 is 0 Å². The van der Waals surface area contributed by atoms with Crippen molar-refractivity contribution >= 4 is 131 Å². The number of para-hydroxylation sites is 9. The molecule has 10 nitrogen and oxygen atoms in total. The summed E-state index contributed by atoms with van der Waals surface area (Å²) in [6.45, 7) is 0. The SMILES string of the molecule is c1ccc2oc(-c3cc(-c4ccc(-c5cccc6ccccc56)cc4)nc(-c4cc(-n5c6ccccc6c6ccccc65)cc(-n5c6ccccc6c6c(-c7cccc8c(-c9cc(-c%10cc%11ccccc%11o%10)nc(-c%10cc(-n%11c%12ccccc%12c%12ccccc%12%11)cc(-n%11c%12ccccc%12c%12ccccc%12%11)c%10)n9)cccc78)cccc65)c4)n3)cc2c1. The molecule has 0 saturated carbocycles. The largest absolute Gasteiger partial charge is 0.454 e. The lowest BCUT2D eigenvalue weighted by Crippen LogP contribution is -2.02. The summed E-state index contributed by atoms with van der Waals surface area (Å²) in [4.78, 5) is 22.6. The van der Waals surface area contributed by atoms with Gasteiger partial charge in [0.05, 0.1) is 55.5 Å². The first-order valence-electron chi connectivity index (χ1n) is 40.6. The van der Waals surface area contributed by atoms with Crippen molar-refractivity contribution in [2.75, 3.05) is 0 Å². The number of furan rings is 2. The van der Waals surface area contributed by atoms with Gasteiger partial charge in [-0.1, -0.05) is 279 Å². The lowest BCUT2D eigenvalue weighted by molar-refractivity contribution is 0.628. The number of hydrogen-bond acceptors (Lipinski definition) is 6. The summed E-state index contributed by atoms with van der Waals surface area (Å²) in [6.07, 6.45) is 0. The zero-order valence-corrected chi connectivity index (χ0v) is 64.5. The number of benzene rings is 17. The number of nitrogens with zero attached hydrogens (tertiary/aromatic N) is 8. The molecule has 558 valence electrons. The molecule has 17 aromatic carbocycles. The third-order valence-corrected chi connectivity index (χ3v) is 24.4. The summed E-state index contributed by atoms with van der Waals surface area (Å²) in [5.41, 5.74) is 25.0. The second kappa shape index (κ2) is 26.6. The van der Waals surface area contributed by atoms with E-state index in [2.05, 4.69) is 382 Å². The Morgan fingerprint density at radius 1 is 0.183 bits per heavy atom. The molecule has 0 saturated heterocycles. The first kappa shape index (κ1) is 67.1. The van der Waals surface area contributed by atoms with Crippen molar-refractivity contribution in [3.05, 3.63) is 400 Å². The highest BCUT2D eigenvalue weighted by atomic mass is 16.3. The Morgan fingerprint density at radius 2 is 0.500 bits per heavy atom. The van der Waals surface area contributed by atoms with E-state index in [4.69, 9.17) is 28.8 Å². The van der Waals surface area contributed by atoms with Crippen LogP contribution in [0.5, 0.6) is 0 Å². The Morgan fingerprint density at radius 3 is 0.983 bits per heavy atom. The molecular formula is C110H66N8O2. The molecular weight excluding hydrogens is 1470 g/mol. The molecule has 10 heteroatoms. The predicted octanol–water partition coefficient (Wildman–Crippen LogP) is 28.8. The van der Waals surface area contributed by atoms with Crippen molar-refractivity contribution in [1.29, 1.82) is 0 Å². The predicted molar refractivity (Wildman–Crippen MR) is 493 cm³/mol. The van der Waals surface area contributed by atoms with Gasteiger partial charge in [-0.05, 0) is 165 Å². The van der Waals surface area contributed by atoms with Gasteiger partial charge in [-0.25, -0.2) is 19.9 Å². The van der Waals surface area contributed by atoms with Gasteiger partial charge >= 0.3 is 0 Å². The van der Waals surface area contributed by atoms with Crippen LogP contribution in [0.25, 0.3) is 244 Å². The van der Waals surface area contributed by atoms with Crippen molar-refractivity contribution in [3.8, 4) is 113 Å². The van der Waals surface area contributed by atoms with Crippen LogP contribution in [0.1, 0.15) is 0 Å². The summed E-state index contributed by atoms with van der Waals surface area (Å²) in [5, 5.41) is 15.7. The van der Waals surface area contributed by atoms with Gasteiger partial charge in [0.1, 0.15) is 22.6 Å². The van der Waals surface area contributed by atoms with Crippen LogP contribution in [0.4, 0.5) is 0 Å². The van der Waals surface area contributed by atoms with Crippen LogP contribution in [0.15, 0.2) is 409 Å². The molecule has 8 aromatic heterocycles. The van der Waals surface area contributed by atoms with Gasteiger partial charge in [0.15, 0.2) is 23.2 Å². The first-order valence-corrected chi connectivity index (χ1v) is 40.6. The lowest BCUT2D eigenvalue weighted by Gasteiger charge is -2.17. The second-order valence-corrected chi connectivity index (χ2v) is 31.2. The standard InChI is InChI=1S/C110H66N8O2/c1-4-29-78-67(25-1)28-21-37-79(78)68-53-55-69(56-54-68)92-65-94(106-61-70-26-2-19-51-104(70)119-106)113-109(111-92)72-57-76(117-100-47-16-9-34-88(100)89-35-10-17-48-101(89)117)64-77(60-72)118-102-49-18-11-36-91(102)108-90(42-24-50-103(108)118)82-40-22-39-81-80(82)38-23-41-83(81)93-66-95(107-62-71-27-3-20-52-105(71)120-107)114-110(112-93)73-58-74(115-96-43-12-5-30-84(96)85-31-6-13-44-97(85)115)63-75(59-73)116-98-45-14-7-32-86(98)87-33-8-15-46-99(87)116/h1-66H. The van der Waals surface area contributed by atoms with Gasteiger partial charge in [0.2, 0.25) is 0 Å². The molecule has 0 radical (unpaired) electrons. The molecule has 0 atom stereocenters. The Balaban J connectivity index is 0.684. The Bertz CT molecular complexity index is 8220. The highest BCUT2D eigenvalue weighted by Gasteiger charge is 2.26. The van der Waals surface area contributed by atoms with E-state index >= 15 is 0 Å². The quantitative estimate of drug-likeness (QED) is 0.121. The van der Waals surface area contributed by atoms with Crippen molar-refractivity contribution in [2.45, 2.75) is 0 Å². The second-order valence-electron chi connectivity index (χ2n) is 31.2. The fourth-order valence-corrected chi connectivity index (χ4v) is 19.1. The molecule has 8 heterocycles. The molecule has 120 heavy (non-hydrogen) atoms. The Kier molecular flexibility index (Phi) is 14.9. The Hall–Kier alpha value is -16.3. The zero-order chi connectivity index (χ0) is 78.6. The third kappa shape index (κ3) is 10.6. The normalized spacial score (nSPS) is 12.0. The summed E-state index contributed by atoms with van der Waals surface area (Å²) in [5.74, 6) is 2.40. The average Bonchev–Trinajstić information content (AvgIpc) is 1.59. The maximum absolute atomic E-state index is 6.82. The molecule has 0 unspecified atom stereocenters. The fourth-order valence-electron chi connectivity index (χ4n) is 19.1. The van der Waals surface area contributed by atoms with Gasteiger partial charge in [0.25, 0.3) is 0 Å². The van der Waals surface area contributed by atoms with Crippen molar-refractivity contribution in [2.24, 2.45) is 0 Å².